The highest BCUT2D eigenvalue weighted by molar-refractivity contribution is 5.89. The fraction of sp³-hybridized carbons (Fsp3) is 0.0714. The number of hydrogen-bond donors (Lipinski definition) is 1. The van der Waals surface area contributed by atoms with E-state index in [4.69, 9.17) is 5.11 Å². The molecule has 2 aromatic heterocycles. The molecule has 5 heteroatoms. The standard InChI is InChI=1S/C14H11N3O2/c1-17-11-6-3-7-15-12(11)16-13(17)9-4-2-5-10(8-9)14(18)19/h2-8H,1H3,(H,18,19). The molecule has 0 saturated heterocycles. The molecule has 0 unspecified atom stereocenters. The van der Waals surface area contributed by atoms with Crippen molar-refractivity contribution in [3.8, 4) is 11.4 Å². The fourth-order valence-corrected chi connectivity index (χ4v) is 2.08. The number of fused-ring (bicyclic) bond motifs is 1. The van der Waals surface area contributed by atoms with Crippen LogP contribution in [0.5, 0.6) is 0 Å². The molecule has 94 valence electrons. The first kappa shape index (κ1) is 11.4. The molecule has 0 aliphatic heterocycles. The van der Waals surface area contributed by atoms with Gasteiger partial charge in [0.05, 0.1) is 11.1 Å². The van der Waals surface area contributed by atoms with Crippen LogP contribution in [0.15, 0.2) is 42.6 Å². The molecule has 0 amide bonds. The lowest BCUT2D eigenvalue weighted by molar-refractivity contribution is 0.0697. The summed E-state index contributed by atoms with van der Waals surface area (Å²) in [5, 5.41) is 9.03. The van der Waals surface area contributed by atoms with Gasteiger partial charge in [0.2, 0.25) is 0 Å². The summed E-state index contributed by atoms with van der Waals surface area (Å²) in [5.74, 6) is -0.240. The van der Waals surface area contributed by atoms with Gasteiger partial charge in [-0.2, -0.15) is 0 Å². The number of carbonyl (C=O) groups is 1. The molecule has 0 spiro atoms. The van der Waals surface area contributed by atoms with Gasteiger partial charge in [0.15, 0.2) is 5.65 Å². The third kappa shape index (κ3) is 1.85. The van der Waals surface area contributed by atoms with Crippen molar-refractivity contribution >= 4 is 17.1 Å². The molecule has 0 fully saturated rings. The number of carboxylic acid groups (broad SMARTS) is 1. The number of rotatable bonds is 2. The smallest absolute Gasteiger partial charge is 0.335 e. The molecule has 5 nitrogen and oxygen atoms in total. The summed E-state index contributed by atoms with van der Waals surface area (Å²) in [6.45, 7) is 0. The maximum absolute atomic E-state index is 11.0. The molecule has 0 radical (unpaired) electrons. The number of aromatic nitrogens is 3. The highest BCUT2D eigenvalue weighted by Crippen LogP contribution is 2.23. The zero-order chi connectivity index (χ0) is 13.4. The minimum absolute atomic E-state index is 0.248. The summed E-state index contributed by atoms with van der Waals surface area (Å²) < 4.78 is 1.91. The van der Waals surface area contributed by atoms with Gasteiger partial charge in [0, 0.05) is 18.8 Å². The first-order valence-electron chi connectivity index (χ1n) is 5.78. The van der Waals surface area contributed by atoms with Crippen LogP contribution in [0.4, 0.5) is 0 Å². The van der Waals surface area contributed by atoms with Crippen LogP contribution in [0.1, 0.15) is 10.4 Å². The normalized spacial score (nSPS) is 10.8. The van der Waals surface area contributed by atoms with Crippen LogP contribution >= 0.6 is 0 Å². The highest BCUT2D eigenvalue weighted by atomic mass is 16.4. The molecule has 0 aliphatic carbocycles. The Hall–Kier alpha value is -2.69. The number of hydrogen-bond acceptors (Lipinski definition) is 3. The average molecular weight is 253 g/mol. The summed E-state index contributed by atoms with van der Waals surface area (Å²) in [4.78, 5) is 19.6. The fourth-order valence-electron chi connectivity index (χ4n) is 2.08. The number of benzene rings is 1. The Kier molecular flexibility index (Phi) is 2.52. The monoisotopic (exact) mass is 253 g/mol. The third-order valence-electron chi connectivity index (χ3n) is 3.02. The van der Waals surface area contributed by atoms with Crippen molar-refractivity contribution in [3.05, 3.63) is 48.2 Å². The first-order chi connectivity index (χ1) is 9.16. The van der Waals surface area contributed by atoms with Gasteiger partial charge < -0.3 is 9.67 Å². The number of carboxylic acids is 1. The largest absolute Gasteiger partial charge is 0.478 e. The second-order valence-electron chi connectivity index (χ2n) is 4.23. The van der Waals surface area contributed by atoms with Crippen LogP contribution in [0.2, 0.25) is 0 Å². The summed E-state index contributed by atoms with van der Waals surface area (Å²) in [7, 11) is 1.89. The van der Waals surface area contributed by atoms with E-state index in [2.05, 4.69) is 9.97 Å². The predicted molar refractivity (Wildman–Crippen MR) is 70.9 cm³/mol. The molecule has 3 rings (SSSR count). The van der Waals surface area contributed by atoms with Gasteiger partial charge in [0.1, 0.15) is 5.82 Å². The summed E-state index contributed by atoms with van der Waals surface area (Å²) >= 11 is 0. The van der Waals surface area contributed by atoms with E-state index in [1.807, 2.05) is 29.8 Å². The van der Waals surface area contributed by atoms with E-state index < -0.39 is 5.97 Å². The van der Waals surface area contributed by atoms with Crippen LogP contribution < -0.4 is 0 Å². The van der Waals surface area contributed by atoms with Crippen molar-refractivity contribution in [1.82, 2.24) is 14.5 Å². The van der Waals surface area contributed by atoms with E-state index in [-0.39, 0.29) is 5.56 Å². The predicted octanol–water partition coefficient (Wildman–Crippen LogP) is 2.33. The summed E-state index contributed by atoms with van der Waals surface area (Å²) in [5.41, 5.74) is 2.58. The van der Waals surface area contributed by atoms with Gasteiger partial charge in [-0.05, 0) is 24.3 Å². The van der Waals surface area contributed by atoms with E-state index in [0.29, 0.717) is 11.5 Å². The minimum Gasteiger partial charge on any atom is -0.478 e. The SMILES string of the molecule is Cn1c(-c2cccc(C(=O)O)c2)nc2ncccc21. The second-order valence-corrected chi connectivity index (χ2v) is 4.23. The Morgan fingerprint density at radius 3 is 2.84 bits per heavy atom. The molecule has 0 saturated carbocycles. The van der Waals surface area contributed by atoms with Crippen LogP contribution in [-0.4, -0.2) is 25.6 Å². The van der Waals surface area contributed by atoms with Gasteiger partial charge in [-0.1, -0.05) is 12.1 Å². The molecular weight excluding hydrogens is 242 g/mol. The number of aryl methyl sites for hydroxylation is 1. The van der Waals surface area contributed by atoms with Gasteiger partial charge in [-0.25, -0.2) is 14.8 Å². The van der Waals surface area contributed by atoms with E-state index in [1.165, 1.54) is 0 Å². The number of aromatic carboxylic acids is 1. The maximum Gasteiger partial charge on any atom is 0.335 e. The molecule has 1 aromatic carbocycles. The molecule has 0 bridgehead atoms. The third-order valence-corrected chi connectivity index (χ3v) is 3.02. The van der Waals surface area contributed by atoms with Crippen molar-refractivity contribution in [3.63, 3.8) is 0 Å². The lowest BCUT2D eigenvalue weighted by Gasteiger charge is -2.03. The number of pyridine rings is 1. The van der Waals surface area contributed by atoms with Crippen molar-refractivity contribution < 1.29 is 9.90 Å². The van der Waals surface area contributed by atoms with E-state index in [1.54, 1.807) is 24.4 Å². The lowest BCUT2D eigenvalue weighted by atomic mass is 10.1. The van der Waals surface area contributed by atoms with Crippen LogP contribution in [0, 0.1) is 0 Å². The van der Waals surface area contributed by atoms with Crippen LogP contribution in [0.3, 0.4) is 0 Å². The molecule has 2 heterocycles. The van der Waals surface area contributed by atoms with E-state index in [0.717, 1.165) is 11.1 Å². The molecule has 0 aliphatic rings. The number of nitrogens with zero attached hydrogens (tertiary/aromatic N) is 3. The second kappa shape index (κ2) is 4.20. The topological polar surface area (TPSA) is 68.0 Å². The average Bonchev–Trinajstić information content (AvgIpc) is 2.77. The Labute approximate surface area is 109 Å². The Balaban J connectivity index is 2.21. The van der Waals surface area contributed by atoms with Crippen molar-refractivity contribution in [2.24, 2.45) is 7.05 Å². The van der Waals surface area contributed by atoms with E-state index >= 15 is 0 Å². The Bertz CT molecular complexity index is 777. The van der Waals surface area contributed by atoms with E-state index in [9.17, 15) is 4.79 Å². The number of imidazole rings is 1. The van der Waals surface area contributed by atoms with Gasteiger partial charge in [-0.15, -0.1) is 0 Å². The minimum atomic E-state index is -0.946. The lowest BCUT2D eigenvalue weighted by Crippen LogP contribution is -1.98. The molecule has 3 aromatic rings. The summed E-state index contributed by atoms with van der Waals surface area (Å²) in [6.07, 6.45) is 1.69. The van der Waals surface area contributed by atoms with Crippen LogP contribution in [0.25, 0.3) is 22.6 Å². The molecule has 19 heavy (non-hydrogen) atoms. The summed E-state index contributed by atoms with van der Waals surface area (Å²) in [6, 6.07) is 10.5. The Morgan fingerprint density at radius 1 is 1.26 bits per heavy atom. The van der Waals surface area contributed by atoms with Crippen molar-refractivity contribution in [1.29, 1.82) is 0 Å². The van der Waals surface area contributed by atoms with Gasteiger partial charge >= 0.3 is 5.97 Å². The van der Waals surface area contributed by atoms with Crippen LogP contribution in [-0.2, 0) is 7.05 Å². The Morgan fingerprint density at radius 2 is 2.11 bits per heavy atom. The zero-order valence-corrected chi connectivity index (χ0v) is 10.2. The quantitative estimate of drug-likeness (QED) is 0.761. The van der Waals surface area contributed by atoms with Gasteiger partial charge in [-0.3, -0.25) is 0 Å². The van der Waals surface area contributed by atoms with Gasteiger partial charge in [0.25, 0.3) is 0 Å². The first-order valence-corrected chi connectivity index (χ1v) is 5.78. The van der Waals surface area contributed by atoms with Crippen molar-refractivity contribution in [2.75, 3.05) is 0 Å². The molecular formula is C14H11N3O2. The highest BCUT2D eigenvalue weighted by Gasteiger charge is 2.12. The molecule has 1 N–H and O–H groups in total. The zero-order valence-electron chi connectivity index (χ0n) is 10.2. The van der Waals surface area contributed by atoms with Crippen molar-refractivity contribution in [2.45, 2.75) is 0 Å². The maximum atomic E-state index is 11.0. The molecule has 0 atom stereocenters.